The number of aliphatic imine (C=N–C) groups is 1. The van der Waals surface area contributed by atoms with Crippen molar-refractivity contribution in [2.75, 3.05) is 18.5 Å². The lowest BCUT2D eigenvalue weighted by atomic mass is 9.90. The van der Waals surface area contributed by atoms with Crippen molar-refractivity contribution in [2.45, 2.75) is 12.0 Å². The molecule has 1 amide bonds. The molecule has 2 aromatic heterocycles. The minimum atomic E-state index is -3.08. The Hall–Kier alpha value is -3.11. The summed E-state index contributed by atoms with van der Waals surface area (Å²) >= 11 is 5.99. The van der Waals surface area contributed by atoms with Crippen LogP contribution >= 0.6 is 11.6 Å². The number of anilines is 1. The first-order valence-corrected chi connectivity index (χ1v) is 9.13. The monoisotopic (exact) mass is 437 g/mol. The number of nitrogens with one attached hydrogen (secondary N) is 2. The predicted octanol–water partition coefficient (Wildman–Crippen LogP) is 3.46. The van der Waals surface area contributed by atoms with E-state index in [-0.39, 0.29) is 23.8 Å². The molecule has 156 valence electrons. The molecule has 0 saturated carbocycles. The number of amidine groups is 1. The number of aromatic nitrogens is 2. The van der Waals surface area contributed by atoms with E-state index in [2.05, 4.69) is 20.3 Å². The van der Waals surface area contributed by atoms with E-state index < -0.39 is 35.9 Å². The Kier molecular flexibility index (Phi) is 5.12. The number of hydrogen-bond acceptors (Lipinski definition) is 5. The quantitative estimate of drug-likeness (QED) is 0.581. The number of alkyl halides is 2. The zero-order chi connectivity index (χ0) is 21.5. The highest BCUT2D eigenvalue weighted by molar-refractivity contribution is 6.35. The summed E-state index contributed by atoms with van der Waals surface area (Å²) in [6, 6.07) is 6.39. The SMILES string of the molecule is NC1=NC(c2cc(NC(=O)c3ccc4c(Cl)c[nH]c4n3)ccc2F)(C(F)F)COC1. The number of fused-ring (bicyclic) bond motifs is 1. The Morgan fingerprint density at radius 3 is 2.87 bits per heavy atom. The number of carbonyl (C=O) groups excluding carboxylic acids is 1. The van der Waals surface area contributed by atoms with Gasteiger partial charge in [0.1, 0.15) is 29.6 Å². The first-order chi connectivity index (χ1) is 14.3. The van der Waals surface area contributed by atoms with E-state index in [1.54, 1.807) is 6.07 Å². The van der Waals surface area contributed by atoms with Crippen LogP contribution in [0.15, 0.2) is 41.5 Å². The van der Waals surface area contributed by atoms with E-state index in [1.807, 2.05) is 0 Å². The van der Waals surface area contributed by atoms with Crippen LogP contribution in [0.4, 0.5) is 18.9 Å². The van der Waals surface area contributed by atoms with Gasteiger partial charge in [-0.2, -0.15) is 0 Å². The van der Waals surface area contributed by atoms with Crippen molar-refractivity contribution in [1.29, 1.82) is 0 Å². The van der Waals surface area contributed by atoms with Crippen LogP contribution in [-0.4, -0.2) is 41.3 Å². The van der Waals surface area contributed by atoms with Crippen LogP contribution in [0.25, 0.3) is 11.0 Å². The van der Waals surface area contributed by atoms with Crippen LogP contribution < -0.4 is 11.1 Å². The second kappa shape index (κ2) is 7.62. The maximum Gasteiger partial charge on any atom is 0.274 e. The van der Waals surface area contributed by atoms with Gasteiger partial charge in [-0.25, -0.2) is 18.2 Å². The number of pyridine rings is 1. The van der Waals surface area contributed by atoms with Gasteiger partial charge in [0.2, 0.25) is 0 Å². The molecule has 3 aromatic rings. The molecule has 7 nitrogen and oxygen atoms in total. The van der Waals surface area contributed by atoms with Gasteiger partial charge in [-0.05, 0) is 30.3 Å². The minimum Gasteiger partial charge on any atom is -0.385 e. The summed E-state index contributed by atoms with van der Waals surface area (Å²) in [5.41, 5.74) is 3.37. The lowest BCUT2D eigenvalue weighted by Crippen LogP contribution is -2.45. The number of rotatable bonds is 4. The van der Waals surface area contributed by atoms with E-state index >= 15 is 0 Å². The van der Waals surface area contributed by atoms with Crippen LogP contribution in [0, 0.1) is 5.82 Å². The van der Waals surface area contributed by atoms with Gasteiger partial charge < -0.3 is 20.8 Å². The summed E-state index contributed by atoms with van der Waals surface area (Å²) in [5, 5.41) is 3.62. The van der Waals surface area contributed by atoms with E-state index in [4.69, 9.17) is 22.1 Å². The summed E-state index contributed by atoms with van der Waals surface area (Å²) in [4.78, 5) is 23.4. The third-order valence-electron chi connectivity index (χ3n) is 4.69. The van der Waals surface area contributed by atoms with Crippen molar-refractivity contribution in [2.24, 2.45) is 10.7 Å². The van der Waals surface area contributed by atoms with Gasteiger partial charge in [0.15, 0.2) is 5.54 Å². The number of hydrogen-bond donors (Lipinski definition) is 3. The fourth-order valence-electron chi connectivity index (χ4n) is 3.23. The topological polar surface area (TPSA) is 105 Å². The Bertz CT molecular complexity index is 1170. The van der Waals surface area contributed by atoms with Crippen molar-refractivity contribution < 1.29 is 22.7 Å². The van der Waals surface area contributed by atoms with Gasteiger partial charge in [-0.3, -0.25) is 9.79 Å². The molecule has 0 radical (unpaired) electrons. The highest BCUT2D eigenvalue weighted by atomic mass is 35.5. The molecule has 1 aliphatic rings. The molecular formula is C19H15ClF3N5O2. The summed E-state index contributed by atoms with van der Waals surface area (Å²) in [6.45, 7) is -0.672. The van der Waals surface area contributed by atoms with E-state index in [0.717, 1.165) is 12.1 Å². The number of carbonyl (C=O) groups is 1. The van der Waals surface area contributed by atoms with Crippen LogP contribution in [-0.2, 0) is 10.3 Å². The summed E-state index contributed by atoms with van der Waals surface area (Å²) in [6.07, 6.45) is -1.55. The predicted molar refractivity (Wildman–Crippen MR) is 106 cm³/mol. The summed E-state index contributed by atoms with van der Waals surface area (Å²) < 4.78 is 47.4. The standard InChI is InChI=1S/C19H15ClF3N5O2/c20-12-6-25-16-10(12)2-4-14(27-16)17(29)26-9-1-3-13(21)11(5-9)19(18(22)23)8-30-7-15(24)28-19/h1-6,18H,7-8H2,(H2,24,28)(H,25,27)(H,26,29). The molecule has 1 atom stereocenters. The number of H-pyrrole nitrogens is 1. The first-order valence-electron chi connectivity index (χ1n) is 8.75. The van der Waals surface area contributed by atoms with E-state index in [0.29, 0.717) is 16.1 Å². The van der Waals surface area contributed by atoms with Crippen LogP contribution in [0.5, 0.6) is 0 Å². The maximum atomic E-state index is 14.5. The molecule has 1 unspecified atom stereocenters. The number of nitrogens with two attached hydrogens (primary N) is 1. The molecule has 4 N–H and O–H groups in total. The molecule has 1 aliphatic heterocycles. The maximum absolute atomic E-state index is 14.5. The number of nitrogens with zero attached hydrogens (tertiary/aromatic N) is 2. The van der Waals surface area contributed by atoms with Gasteiger partial charge >= 0.3 is 0 Å². The third-order valence-corrected chi connectivity index (χ3v) is 5.00. The van der Waals surface area contributed by atoms with Gasteiger partial charge in [-0.15, -0.1) is 0 Å². The highest BCUT2D eigenvalue weighted by Gasteiger charge is 2.46. The Morgan fingerprint density at radius 2 is 2.13 bits per heavy atom. The minimum absolute atomic E-state index is 0.0544. The second-order valence-electron chi connectivity index (χ2n) is 6.70. The lowest BCUT2D eigenvalue weighted by Gasteiger charge is -2.33. The van der Waals surface area contributed by atoms with Crippen LogP contribution in [0.1, 0.15) is 16.1 Å². The average molecular weight is 438 g/mol. The normalized spacial score (nSPS) is 19.2. The van der Waals surface area contributed by atoms with Crippen molar-refractivity contribution >= 4 is 40.1 Å². The molecular weight excluding hydrogens is 423 g/mol. The van der Waals surface area contributed by atoms with E-state index in [9.17, 15) is 18.0 Å². The lowest BCUT2D eigenvalue weighted by molar-refractivity contribution is -0.0145. The third kappa shape index (κ3) is 3.48. The second-order valence-corrected chi connectivity index (χ2v) is 7.11. The largest absolute Gasteiger partial charge is 0.385 e. The molecule has 3 heterocycles. The van der Waals surface area contributed by atoms with Crippen LogP contribution in [0.2, 0.25) is 5.02 Å². The van der Waals surface area contributed by atoms with Gasteiger partial charge in [0.25, 0.3) is 12.3 Å². The van der Waals surface area contributed by atoms with Crippen molar-refractivity contribution in [3.8, 4) is 0 Å². The molecule has 30 heavy (non-hydrogen) atoms. The number of ether oxygens (including phenoxy) is 1. The van der Waals surface area contributed by atoms with Gasteiger partial charge in [-0.1, -0.05) is 11.6 Å². The smallest absolute Gasteiger partial charge is 0.274 e. The fourth-order valence-corrected chi connectivity index (χ4v) is 3.43. The molecule has 0 saturated heterocycles. The molecule has 0 fully saturated rings. The summed E-state index contributed by atoms with van der Waals surface area (Å²) in [7, 11) is 0. The number of halogens is 4. The molecule has 1 aromatic carbocycles. The van der Waals surface area contributed by atoms with Gasteiger partial charge in [0.05, 0.1) is 11.6 Å². The fraction of sp³-hybridized carbons (Fsp3) is 0.211. The van der Waals surface area contributed by atoms with Crippen molar-refractivity contribution in [3.05, 3.63) is 58.6 Å². The highest BCUT2D eigenvalue weighted by Crippen LogP contribution is 2.38. The number of benzene rings is 1. The molecule has 4 rings (SSSR count). The summed E-state index contributed by atoms with van der Waals surface area (Å²) in [5.74, 6) is -1.71. The van der Waals surface area contributed by atoms with Crippen molar-refractivity contribution in [3.63, 3.8) is 0 Å². The zero-order valence-corrected chi connectivity index (χ0v) is 16.0. The molecule has 0 spiro atoms. The number of aromatic amines is 1. The Morgan fingerprint density at radius 1 is 1.33 bits per heavy atom. The molecule has 11 heteroatoms. The van der Waals surface area contributed by atoms with Gasteiger partial charge in [0, 0.05) is 22.8 Å². The Balaban J connectivity index is 1.67. The van der Waals surface area contributed by atoms with Crippen molar-refractivity contribution in [1.82, 2.24) is 9.97 Å². The number of amides is 1. The van der Waals surface area contributed by atoms with Crippen LogP contribution in [0.3, 0.4) is 0 Å². The zero-order valence-electron chi connectivity index (χ0n) is 15.3. The van der Waals surface area contributed by atoms with E-state index in [1.165, 1.54) is 18.3 Å². The molecule has 0 bridgehead atoms. The first kappa shape index (κ1) is 20.2. The molecule has 0 aliphatic carbocycles. The average Bonchev–Trinajstić information content (AvgIpc) is 3.09. The Labute approximate surface area is 173 Å².